The Hall–Kier alpha value is -3.01. The van der Waals surface area contributed by atoms with Crippen molar-refractivity contribution in [1.29, 1.82) is 0 Å². The van der Waals surface area contributed by atoms with E-state index in [0.29, 0.717) is 42.5 Å². The first-order valence-electron chi connectivity index (χ1n) is 12.5. The van der Waals surface area contributed by atoms with Gasteiger partial charge < -0.3 is 15.1 Å². The van der Waals surface area contributed by atoms with Crippen molar-refractivity contribution >= 4 is 34.3 Å². The third kappa shape index (κ3) is 4.07. The number of rotatable bonds is 8. The maximum absolute atomic E-state index is 13.7. The van der Waals surface area contributed by atoms with Gasteiger partial charge >= 0.3 is 0 Å². The second-order valence-electron chi connectivity index (χ2n) is 10.3. The van der Waals surface area contributed by atoms with Gasteiger partial charge in [0.15, 0.2) is 5.82 Å². The minimum Gasteiger partial charge on any atom is -0.357 e. The van der Waals surface area contributed by atoms with E-state index >= 15 is 0 Å². The summed E-state index contributed by atoms with van der Waals surface area (Å²) in [6.07, 6.45) is 10.9. The molecule has 0 bridgehead atoms. The highest BCUT2D eigenvalue weighted by molar-refractivity contribution is 7.16. The molecule has 3 aromatic rings. The van der Waals surface area contributed by atoms with E-state index in [-0.39, 0.29) is 11.4 Å². The lowest BCUT2D eigenvalue weighted by Gasteiger charge is -2.36. The smallest absolute Gasteiger partial charge is 0.272 e. The molecule has 1 N–H and O–H groups in total. The van der Waals surface area contributed by atoms with Crippen LogP contribution < -0.4 is 10.2 Å². The first kappa shape index (κ1) is 22.5. The molecule has 0 radical (unpaired) electrons. The summed E-state index contributed by atoms with van der Waals surface area (Å²) >= 11 is 1.59. The van der Waals surface area contributed by atoms with Crippen LogP contribution in [0.5, 0.6) is 0 Å². The van der Waals surface area contributed by atoms with E-state index in [1.807, 2.05) is 27.1 Å². The number of nitrogens with one attached hydrogen (secondary N) is 1. The fraction of sp³-hybridized carbons (Fsp3) is 0.560. The molecule has 1 atom stereocenters. The van der Waals surface area contributed by atoms with Crippen molar-refractivity contribution in [3.05, 3.63) is 29.5 Å². The van der Waals surface area contributed by atoms with Gasteiger partial charge in [-0.1, -0.05) is 0 Å². The van der Waals surface area contributed by atoms with Crippen LogP contribution in [0.15, 0.2) is 23.8 Å². The van der Waals surface area contributed by atoms with Gasteiger partial charge in [0.1, 0.15) is 16.3 Å². The molecule has 1 aliphatic heterocycles. The van der Waals surface area contributed by atoms with E-state index in [9.17, 15) is 9.59 Å². The van der Waals surface area contributed by atoms with Crippen LogP contribution in [0.3, 0.4) is 0 Å². The lowest BCUT2D eigenvalue weighted by molar-refractivity contribution is -0.110. The number of aromatic nitrogens is 4. The molecule has 6 rings (SSSR count). The van der Waals surface area contributed by atoms with Crippen molar-refractivity contribution in [3.63, 3.8) is 0 Å². The third-order valence-electron chi connectivity index (χ3n) is 8.28. The summed E-state index contributed by atoms with van der Waals surface area (Å²) in [7, 11) is 2.06. The van der Waals surface area contributed by atoms with Gasteiger partial charge in [-0.3, -0.25) is 9.59 Å². The molecule has 4 heterocycles. The van der Waals surface area contributed by atoms with E-state index in [0.717, 1.165) is 48.3 Å². The first-order valence-corrected chi connectivity index (χ1v) is 13.4. The molecule has 3 aliphatic rings. The predicted octanol–water partition coefficient (Wildman–Crippen LogP) is 3.22. The summed E-state index contributed by atoms with van der Waals surface area (Å²) in [4.78, 5) is 39.4. The quantitative estimate of drug-likeness (QED) is 0.484. The van der Waals surface area contributed by atoms with Gasteiger partial charge in [-0.05, 0) is 57.3 Å². The highest BCUT2D eigenvalue weighted by Crippen LogP contribution is 2.46. The Labute approximate surface area is 208 Å². The van der Waals surface area contributed by atoms with Gasteiger partial charge in [-0.15, -0.1) is 11.3 Å². The zero-order chi connectivity index (χ0) is 24.2. The molecule has 0 aromatic carbocycles. The molecule has 9 nitrogen and oxygen atoms in total. The number of carbonyl (C=O) groups is 2. The Bertz CT molecular complexity index is 1250. The van der Waals surface area contributed by atoms with E-state index in [4.69, 9.17) is 9.97 Å². The van der Waals surface area contributed by atoms with Gasteiger partial charge in [0, 0.05) is 49.4 Å². The van der Waals surface area contributed by atoms with Gasteiger partial charge in [-0.25, -0.2) is 14.5 Å². The highest BCUT2D eigenvalue weighted by Gasteiger charge is 2.49. The molecular weight excluding hydrogens is 462 g/mol. The first-order chi connectivity index (χ1) is 17.0. The predicted molar refractivity (Wildman–Crippen MR) is 134 cm³/mol. The Balaban J connectivity index is 1.29. The Kier molecular flexibility index (Phi) is 5.51. The van der Waals surface area contributed by atoms with E-state index in [2.05, 4.69) is 29.3 Å². The van der Waals surface area contributed by atoms with Crippen LogP contribution in [0.2, 0.25) is 0 Å². The maximum Gasteiger partial charge on any atom is 0.272 e. The fourth-order valence-corrected chi connectivity index (χ4v) is 6.34. The second-order valence-corrected chi connectivity index (χ2v) is 11.2. The summed E-state index contributed by atoms with van der Waals surface area (Å²) in [5.41, 5.74) is 1.24. The van der Waals surface area contributed by atoms with Crippen LogP contribution in [-0.2, 0) is 4.79 Å². The Morgan fingerprint density at radius 2 is 2.03 bits per heavy atom. The molecule has 2 aliphatic carbocycles. The summed E-state index contributed by atoms with van der Waals surface area (Å²) in [6.45, 7) is 3.58. The number of likely N-dealkylation sites (tertiary alicyclic amines) is 1. The molecule has 10 heteroatoms. The number of fused-ring (bicyclic) bond motifs is 1. The largest absolute Gasteiger partial charge is 0.357 e. The molecular formula is C25H31N7O2S. The van der Waals surface area contributed by atoms with Crippen LogP contribution in [0, 0.1) is 11.8 Å². The number of piperidine rings is 1. The number of amides is 2. The number of hydrogen-bond donors (Lipinski definition) is 1. The molecule has 0 spiro atoms. The second kappa shape index (κ2) is 8.58. The van der Waals surface area contributed by atoms with Crippen LogP contribution in [-0.4, -0.2) is 68.5 Å². The molecule has 184 valence electrons. The number of anilines is 1. The Morgan fingerprint density at radius 3 is 2.71 bits per heavy atom. The number of nitrogens with zero attached hydrogens (tertiary/aromatic N) is 6. The molecule has 2 amide bonds. The standard InChI is InChI=1S/C25H31N7O2S/c1-16(17-3-4-17)30(2)21-13-20(28-22(29-21)19-14-27-32-11-12-35-24(19)32)23(34)31-9-5-18(6-10-31)25(7-8-25)26-15-33/h11-18H,3-10H2,1-2H3,(H,26,33)/t16-/m0/s1. The van der Waals surface area contributed by atoms with Crippen LogP contribution in [0.4, 0.5) is 5.82 Å². The summed E-state index contributed by atoms with van der Waals surface area (Å²) in [5, 5.41) is 9.45. The number of hydrogen-bond acceptors (Lipinski definition) is 7. The molecule has 3 fully saturated rings. The van der Waals surface area contributed by atoms with Crippen LogP contribution >= 0.6 is 11.3 Å². The van der Waals surface area contributed by atoms with Crippen molar-refractivity contribution < 1.29 is 9.59 Å². The zero-order valence-electron chi connectivity index (χ0n) is 20.2. The molecule has 1 saturated heterocycles. The van der Waals surface area contributed by atoms with E-state index < -0.39 is 0 Å². The van der Waals surface area contributed by atoms with E-state index in [1.54, 1.807) is 17.5 Å². The van der Waals surface area contributed by atoms with Crippen LogP contribution in [0.25, 0.3) is 16.2 Å². The average Bonchev–Trinajstić information content (AvgIpc) is 3.79. The fourth-order valence-electron chi connectivity index (χ4n) is 5.55. The van der Waals surface area contributed by atoms with Crippen molar-refractivity contribution in [1.82, 2.24) is 29.8 Å². The Morgan fingerprint density at radius 1 is 1.26 bits per heavy atom. The minimum absolute atomic E-state index is 0.0394. The SMILES string of the molecule is C[C@@H](C1CC1)N(C)c1cc(C(=O)N2CCC(C3(NC=O)CC3)CC2)nc(-c2cnn3ccsc23)n1. The van der Waals surface area contributed by atoms with E-state index in [1.165, 1.54) is 12.8 Å². The highest BCUT2D eigenvalue weighted by atomic mass is 32.1. The maximum atomic E-state index is 13.7. The molecule has 3 aromatic heterocycles. The van der Waals surface area contributed by atoms with Gasteiger partial charge in [0.2, 0.25) is 6.41 Å². The number of thiazole rings is 1. The summed E-state index contributed by atoms with van der Waals surface area (Å²) in [5.74, 6) is 2.37. The van der Waals surface area contributed by atoms with Gasteiger partial charge in [0.25, 0.3) is 5.91 Å². The normalized spacial score (nSPS) is 20.6. The topological polar surface area (TPSA) is 95.7 Å². The summed E-state index contributed by atoms with van der Waals surface area (Å²) < 4.78 is 1.82. The van der Waals surface area contributed by atoms with Crippen molar-refractivity contribution in [2.24, 2.45) is 11.8 Å². The van der Waals surface area contributed by atoms with Gasteiger partial charge in [0.05, 0.1) is 11.8 Å². The average molecular weight is 494 g/mol. The minimum atomic E-state index is -0.0522. The zero-order valence-corrected chi connectivity index (χ0v) is 21.0. The van der Waals surface area contributed by atoms with Gasteiger partial charge in [-0.2, -0.15) is 5.10 Å². The molecule has 35 heavy (non-hydrogen) atoms. The third-order valence-corrected chi connectivity index (χ3v) is 9.17. The molecule has 2 saturated carbocycles. The van der Waals surface area contributed by atoms with Crippen molar-refractivity contribution in [3.8, 4) is 11.4 Å². The summed E-state index contributed by atoms with van der Waals surface area (Å²) in [6, 6.07) is 2.20. The van der Waals surface area contributed by atoms with Crippen molar-refractivity contribution in [2.45, 2.75) is 57.0 Å². The molecule has 0 unspecified atom stereocenters. The monoisotopic (exact) mass is 493 g/mol. The van der Waals surface area contributed by atoms with Crippen LogP contribution in [0.1, 0.15) is 55.9 Å². The lowest BCUT2D eigenvalue weighted by Crippen LogP contribution is -2.46. The van der Waals surface area contributed by atoms with Crippen molar-refractivity contribution in [2.75, 3.05) is 25.0 Å². The number of carbonyl (C=O) groups excluding carboxylic acids is 2. The lowest BCUT2D eigenvalue weighted by atomic mass is 9.87.